The number of hydrogen-bond donors (Lipinski definition) is 0. The van der Waals surface area contributed by atoms with Crippen molar-refractivity contribution >= 4 is 18.8 Å². The van der Waals surface area contributed by atoms with Gasteiger partial charge in [0.05, 0.1) is 0 Å². The second-order valence-corrected chi connectivity index (χ2v) is 17.8. The van der Waals surface area contributed by atoms with Crippen LogP contribution in [0.4, 0.5) is 0 Å². The van der Waals surface area contributed by atoms with Gasteiger partial charge in [-0.3, -0.25) is 0 Å². The van der Waals surface area contributed by atoms with E-state index in [4.69, 9.17) is 8.11 Å². The molecule has 0 unspecified atom stereocenters. The van der Waals surface area contributed by atoms with Gasteiger partial charge >= 0.3 is 87.4 Å². The Morgan fingerprint density at radius 1 is 0.923 bits per heavy atom. The predicted molar refractivity (Wildman–Crippen MR) is 59.1 cm³/mol. The van der Waals surface area contributed by atoms with E-state index in [1.165, 1.54) is 13.3 Å². The summed E-state index contributed by atoms with van der Waals surface area (Å²) in [5, 5.41) is 0. The van der Waals surface area contributed by atoms with E-state index in [0.717, 1.165) is 0 Å². The van der Waals surface area contributed by atoms with Crippen LogP contribution in [0.15, 0.2) is 0 Å². The molecule has 0 aromatic rings. The molecule has 3 heteroatoms. The normalized spacial score (nSPS) is 13.4. The van der Waals surface area contributed by atoms with Crippen LogP contribution < -0.4 is 0 Å². The summed E-state index contributed by atoms with van der Waals surface area (Å²) in [5.41, 5.74) is -0.165. The van der Waals surface area contributed by atoms with Crippen molar-refractivity contribution in [3.63, 3.8) is 0 Å². The molecule has 0 N–H and O–H groups in total. The van der Waals surface area contributed by atoms with Gasteiger partial charge in [0.1, 0.15) is 0 Å². The Balaban J connectivity index is 4.11. The van der Waals surface area contributed by atoms with Crippen molar-refractivity contribution in [2.75, 3.05) is 0 Å². The van der Waals surface area contributed by atoms with Gasteiger partial charge in [0.2, 0.25) is 0 Å². The van der Waals surface area contributed by atoms with Crippen molar-refractivity contribution in [2.24, 2.45) is 0 Å². The molecule has 0 radical (unpaired) electrons. The summed E-state index contributed by atoms with van der Waals surface area (Å²) in [5.74, 6) is 0. The van der Waals surface area contributed by atoms with Crippen molar-refractivity contribution in [1.82, 2.24) is 0 Å². The topological polar surface area (TPSA) is 18.5 Å². The summed E-state index contributed by atoms with van der Waals surface area (Å²) in [4.78, 5) is 5.46. The van der Waals surface area contributed by atoms with E-state index in [1.54, 1.807) is 0 Å². The first kappa shape index (κ1) is 13.7. The van der Waals surface area contributed by atoms with Crippen molar-refractivity contribution in [3.8, 4) is 0 Å². The molecule has 0 aromatic heterocycles. The fourth-order valence-electron chi connectivity index (χ4n) is 1.14. The zero-order valence-corrected chi connectivity index (χ0v) is 12.8. The molecule has 0 aliphatic carbocycles. The molecular weight excluding hydrogens is 271 g/mol. The minimum atomic E-state index is -2.30. The summed E-state index contributed by atoms with van der Waals surface area (Å²) in [7, 11) is 0. The molecule has 0 aliphatic rings. The molecule has 0 spiro atoms. The third-order valence-electron chi connectivity index (χ3n) is 2.40. The first-order chi connectivity index (χ1) is 5.89. The molecule has 0 amide bonds. The zero-order chi connectivity index (χ0) is 10.5. The molecule has 0 atom stereocenters. The standard InChI is InChI=1S/C4H10O2.3C2H5.Sn/c1-4(2,3)6-5;3*1-2;/h5H,1-3H3;3*1H2,2H3;/q;;;;+1/p-1. The van der Waals surface area contributed by atoms with Gasteiger partial charge in [0.15, 0.2) is 0 Å². The quantitative estimate of drug-likeness (QED) is 0.437. The van der Waals surface area contributed by atoms with E-state index in [9.17, 15) is 0 Å². The van der Waals surface area contributed by atoms with Gasteiger partial charge in [-0.05, 0) is 0 Å². The number of hydrogen-bond acceptors (Lipinski definition) is 2. The van der Waals surface area contributed by atoms with E-state index >= 15 is 0 Å². The van der Waals surface area contributed by atoms with Gasteiger partial charge in [-0.2, -0.15) is 0 Å². The first-order valence-corrected chi connectivity index (χ1v) is 12.5. The van der Waals surface area contributed by atoms with Gasteiger partial charge in [-0.25, -0.2) is 0 Å². The second-order valence-electron chi connectivity index (χ2n) is 4.52. The van der Waals surface area contributed by atoms with E-state index < -0.39 is 18.8 Å². The molecule has 0 rings (SSSR count). The molecule has 80 valence electrons. The molecule has 0 saturated heterocycles. The van der Waals surface area contributed by atoms with E-state index in [2.05, 4.69) is 20.8 Å². The molecule has 0 aliphatic heterocycles. The van der Waals surface area contributed by atoms with Crippen LogP contribution in [0.25, 0.3) is 0 Å². The third-order valence-corrected chi connectivity index (χ3v) is 14.7. The van der Waals surface area contributed by atoms with Crippen LogP contribution in [0.1, 0.15) is 41.5 Å². The van der Waals surface area contributed by atoms with Crippen molar-refractivity contribution in [2.45, 2.75) is 60.5 Å². The predicted octanol–water partition coefficient (Wildman–Crippen LogP) is 3.74. The van der Waals surface area contributed by atoms with Gasteiger partial charge in [-0.1, -0.05) is 0 Å². The van der Waals surface area contributed by atoms with Crippen LogP contribution in [-0.4, -0.2) is 24.4 Å². The Morgan fingerprint density at radius 2 is 1.31 bits per heavy atom. The summed E-state index contributed by atoms with van der Waals surface area (Å²) >= 11 is -2.30. The zero-order valence-electron chi connectivity index (χ0n) is 9.94. The molecule has 0 saturated carbocycles. The third kappa shape index (κ3) is 5.23. The Morgan fingerprint density at radius 3 is 1.54 bits per heavy atom. The monoisotopic (exact) mass is 296 g/mol. The van der Waals surface area contributed by atoms with Crippen molar-refractivity contribution < 1.29 is 8.11 Å². The summed E-state index contributed by atoms with van der Waals surface area (Å²) < 4.78 is 9.37. The summed E-state index contributed by atoms with van der Waals surface area (Å²) in [6, 6.07) is 0. The Hall–Kier alpha value is 0.719. The second kappa shape index (κ2) is 5.56. The Labute approximate surface area is 87.3 Å². The fraction of sp³-hybridized carbons (Fsp3) is 1.00. The maximum atomic E-state index is 5.75. The SMILES string of the molecule is C[CH2][Sn]([CH2]C)([CH2]C)[O]OC(C)(C)C. The van der Waals surface area contributed by atoms with Crippen LogP contribution in [0.2, 0.25) is 13.3 Å². The summed E-state index contributed by atoms with van der Waals surface area (Å²) in [6.45, 7) is 12.8. The minimum absolute atomic E-state index is 0.165. The molecule has 0 bridgehead atoms. The van der Waals surface area contributed by atoms with Crippen molar-refractivity contribution in [1.29, 1.82) is 0 Å². The molecule has 0 aromatic carbocycles. The van der Waals surface area contributed by atoms with E-state index in [-0.39, 0.29) is 5.60 Å². The average molecular weight is 295 g/mol. The summed E-state index contributed by atoms with van der Waals surface area (Å²) in [6.07, 6.45) is 0. The van der Waals surface area contributed by atoms with Gasteiger partial charge in [0.25, 0.3) is 0 Å². The van der Waals surface area contributed by atoms with Crippen LogP contribution in [-0.2, 0) is 8.11 Å². The van der Waals surface area contributed by atoms with Gasteiger partial charge in [-0.15, -0.1) is 0 Å². The van der Waals surface area contributed by atoms with Gasteiger partial charge in [0, 0.05) is 0 Å². The average Bonchev–Trinajstić information content (AvgIpc) is 2.06. The molecule has 0 fully saturated rings. The van der Waals surface area contributed by atoms with Gasteiger partial charge < -0.3 is 0 Å². The van der Waals surface area contributed by atoms with Crippen LogP contribution in [0.3, 0.4) is 0 Å². The fourth-order valence-corrected chi connectivity index (χ4v) is 7.65. The maximum absolute atomic E-state index is 5.75. The van der Waals surface area contributed by atoms with Crippen LogP contribution in [0, 0.1) is 0 Å². The Kier molecular flexibility index (Phi) is 5.87. The first-order valence-electron chi connectivity index (χ1n) is 5.26. The molecule has 2 nitrogen and oxygen atoms in total. The van der Waals surface area contributed by atoms with E-state index in [1.807, 2.05) is 20.8 Å². The molecule has 0 heterocycles. The molecule has 13 heavy (non-hydrogen) atoms. The van der Waals surface area contributed by atoms with Crippen LogP contribution >= 0.6 is 0 Å². The molecular formula is C10H24O2Sn. The van der Waals surface area contributed by atoms with Crippen molar-refractivity contribution in [3.05, 3.63) is 0 Å². The Bertz CT molecular complexity index is 128. The van der Waals surface area contributed by atoms with E-state index in [0.29, 0.717) is 0 Å². The number of rotatable bonds is 5. The van der Waals surface area contributed by atoms with Crippen LogP contribution in [0.5, 0.6) is 0 Å².